The summed E-state index contributed by atoms with van der Waals surface area (Å²) in [5.74, 6) is 0.498. The molecule has 0 saturated carbocycles. The van der Waals surface area contributed by atoms with Crippen molar-refractivity contribution in [2.24, 2.45) is 0 Å². The summed E-state index contributed by atoms with van der Waals surface area (Å²) in [6, 6.07) is 8.01. The van der Waals surface area contributed by atoms with E-state index in [-0.39, 0.29) is 0 Å². The average molecular weight is 292 g/mol. The lowest BCUT2D eigenvalue weighted by atomic mass is 10.2. The lowest BCUT2D eigenvalue weighted by molar-refractivity contribution is 0.292. The van der Waals surface area contributed by atoms with Crippen molar-refractivity contribution in [3.05, 3.63) is 52.9 Å². The SMILES string of the molecule is CC(C)NCc1cnc(OCc2ccccc2Cl)cn1. The first-order valence-electron chi connectivity index (χ1n) is 6.55. The molecule has 1 heterocycles. The number of benzene rings is 1. The van der Waals surface area contributed by atoms with Crippen molar-refractivity contribution >= 4 is 11.6 Å². The summed E-state index contributed by atoms with van der Waals surface area (Å²) in [5, 5.41) is 3.98. The fourth-order valence-electron chi connectivity index (χ4n) is 1.58. The second-order valence-corrected chi connectivity index (χ2v) is 5.17. The summed E-state index contributed by atoms with van der Waals surface area (Å²) >= 11 is 6.06. The van der Waals surface area contributed by atoms with Gasteiger partial charge in [0, 0.05) is 23.2 Å². The molecule has 1 aromatic heterocycles. The lowest BCUT2D eigenvalue weighted by Crippen LogP contribution is -2.22. The topological polar surface area (TPSA) is 47.0 Å². The van der Waals surface area contributed by atoms with Gasteiger partial charge >= 0.3 is 0 Å². The van der Waals surface area contributed by atoms with Gasteiger partial charge in [0.05, 0.1) is 18.1 Å². The summed E-state index contributed by atoms with van der Waals surface area (Å²) in [7, 11) is 0. The molecular formula is C15H18ClN3O. The number of hydrogen-bond donors (Lipinski definition) is 1. The Labute approximate surface area is 124 Å². The van der Waals surface area contributed by atoms with Crippen LogP contribution in [0.1, 0.15) is 25.1 Å². The van der Waals surface area contributed by atoms with Crippen LogP contribution < -0.4 is 10.1 Å². The minimum atomic E-state index is 0.387. The second kappa shape index (κ2) is 7.22. The summed E-state index contributed by atoms with van der Waals surface area (Å²) in [6.07, 6.45) is 3.35. The van der Waals surface area contributed by atoms with Gasteiger partial charge in [-0.3, -0.25) is 4.98 Å². The van der Waals surface area contributed by atoms with E-state index in [1.165, 1.54) is 0 Å². The highest BCUT2D eigenvalue weighted by atomic mass is 35.5. The fourth-order valence-corrected chi connectivity index (χ4v) is 1.77. The van der Waals surface area contributed by atoms with Crippen LogP contribution >= 0.6 is 11.6 Å². The van der Waals surface area contributed by atoms with Crippen LogP contribution in [0.4, 0.5) is 0 Å². The highest BCUT2D eigenvalue weighted by Crippen LogP contribution is 2.16. The second-order valence-electron chi connectivity index (χ2n) is 4.76. The van der Waals surface area contributed by atoms with E-state index in [0.29, 0.717) is 30.1 Å². The molecule has 0 radical (unpaired) electrons. The fraction of sp³-hybridized carbons (Fsp3) is 0.333. The molecule has 0 unspecified atom stereocenters. The molecule has 1 aromatic carbocycles. The number of hydrogen-bond acceptors (Lipinski definition) is 4. The molecule has 5 heteroatoms. The number of aromatic nitrogens is 2. The van der Waals surface area contributed by atoms with E-state index in [2.05, 4.69) is 29.1 Å². The minimum Gasteiger partial charge on any atom is -0.472 e. The van der Waals surface area contributed by atoms with Crippen LogP contribution in [0, 0.1) is 0 Å². The van der Waals surface area contributed by atoms with Crippen LogP contribution in [0.3, 0.4) is 0 Å². The normalized spacial score (nSPS) is 10.8. The number of halogens is 1. The smallest absolute Gasteiger partial charge is 0.232 e. The van der Waals surface area contributed by atoms with Crippen molar-refractivity contribution in [3.63, 3.8) is 0 Å². The Morgan fingerprint density at radius 1 is 1.20 bits per heavy atom. The van der Waals surface area contributed by atoms with Gasteiger partial charge in [-0.1, -0.05) is 43.6 Å². The van der Waals surface area contributed by atoms with E-state index in [4.69, 9.17) is 16.3 Å². The predicted molar refractivity (Wildman–Crippen MR) is 79.8 cm³/mol. The van der Waals surface area contributed by atoms with E-state index < -0.39 is 0 Å². The van der Waals surface area contributed by atoms with Gasteiger partial charge in [-0.25, -0.2) is 4.98 Å². The third-order valence-electron chi connectivity index (χ3n) is 2.71. The predicted octanol–water partition coefficient (Wildman–Crippen LogP) is 3.21. The third-order valence-corrected chi connectivity index (χ3v) is 3.08. The maximum absolute atomic E-state index is 6.06. The zero-order valence-corrected chi connectivity index (χ0v) is 12.4. The first kappa shape index (κ1) is 14.8. The zero-order chi connectivity index (χ0) is 14.4. The van der Waals surface area contributed by atoms with Crippen molar-refractivity contribution < 1.29 is 4.74 Å². The van der Waals surface area contributed by atoms with E-state index >= 15 is 0 Å². The highest BCUT2D eigenvalue weighted by molar-refractivity contribution is 6.31. The number of nitrogens with zero attached hydrogens (tertiary/aromatic N) is 2. The number of rotatable bonds is 6. The van der Waals surface area contributed by atoms with Crippen molar-refractivity contribution in [1.29, 1.82) is 0 Å². The summed E-state index contributed by atoms with van der Waals surface area (Å²) in [6.45, 7) is 5.27. The maximum atomic E-state index is 6.06. The minimum absolute atomic E-state index is 0.387. The van der Waals surface area contributed by atoms with Crippen molar-refractivity contribution in [2.45, 2.75) is 33.0 Å². The molecule has 20 heavy (non-hydrogen) atoms. The first-order valence-corrected chi connectivity index (χ1v) is 6.93. The molecule has 0 atom stereocenters. The van der Waals surface area contributed by atoms with Gasteiger partial charge in [0.15, 0.2) is 0 Å². The van der Waals surface area contributed by atoms with Crippen LogP contribution in [-0.4, -0.2) is 16.0 Å². The van der Waals surface area contributed by atoms with Gasteiger partial charge in [-0.2, -0.15) is 0 Å². The van der Waals surface area contributed by atoms with Crippen LogP contribution in [0.25, 0.3) is 0 Å². The number of ether oxygens (including phenoxy) is 1. The Morgan fingerprint density at radius 3 is 2.65 bits per heavy atom. The van der Waals surface area contributed by atoms with Gasteiger partial charge in [0.1, 0.15) is 6.61 Å². The molecule has 4 nitrogen and oxygen atoms in total. The quantitative estimate of drug-likeness (QED) is 0.888. The Bertz CT molecular complexity index is 543. The van der Waals surface area contributed by atoms with Gasteiger partial charge in [-0.05, 0) is 6.07 Å². The highest BCUT2D eigenvalue weighted by Gasteiger charge is 2.03. The molecule has 2 aromatic rings. The molecule has 0 aliphatic rings. The first-order chi connectivity index (χ1) is 9.65. The Morgan fingerprint density at radius 2 is 2.00 bits per heavy atom. The van der Waals surface area contributed by atoms with Crippen LogP contribution in [0.15, 0.2) is 36.7 Å². The summed E-state index contributed by atoms with van der Waals surface area (Å²) in [5.41, 5.74) is 1.82. The lowest BCUT2D eigenvalue weighted by Gasteiger charge is -2.09. The molecule has 1 N–H and O–H groups in total. The summed E-state index contributed by atoms with van der Waals surface area (Å²) < 4.78 is 5.58. The van der Waals surface area contributed by atoms with Crippen LogP contribution in [-0.2, 0) is 13.2 Å². The molecule has 0 aliphatic carbocycles. The summed E-state index contributed by atoms with van der Waals surface area (Å²) in [4.78, 5) is 8.54. The van der Waals surface area contributed by atoms with Gasteiger partial charge in [0.2, 0.25) is 5.88 Å². The Balaban J connectivity index is 1.89. The maximum Gasteiger partial charge on any atom is 0.232 e. The molecule has 0 amide bonds. The molecular weight excluding hydrogens is 274 g/mol. The molecule has 0 saturated heterocycles. The van der Waals surface area contributed by atoms with Gasteiger partial charge in [-0.15, -0.1) is 0 Å². The van der Waals surface area contributed by atoms with Gasteiger partial charge < -0.3 is 10.1 Å². The van der Waals surface area contributed by atoms with E-state index in [1.807, 2.05) is 24.3 Å². The molecule has 106 valence electrons. The van der Waals surface area contributed by atoms with Crippen molar-refractivity contribution in [1.82, 2.24) is 15.3 Å². The molecule has 0 bridgehead atoms. The Hall–Kier alpha value is -1.65. The average Bonchev–Trinajstić information content (AvgIpc) is 2.45. The van der Waals surface area contributed by atoms with E-state index in [9.17, 15) is 0 Å². The van der Waals surface area contributed by atoms with E-state index in [0.717, 1.165) is 11.3 Å². The van der Waals surface area contributed by atoms with E-state index in [1.54, 1.807) is 12.4 Å². The number of nitrogens with one attached hydrogen (secondary N) is 1. The van der Waals surface area contributed by atoms with Crippen LogP contribution in [0.5, 0.6) is 5.88 Å². The van der Waals surface area contributed by atoms with Crippen molar-refractivity contribution in [3.8, 4) is 5.88 Å². The van der Waals surface area contributed by atoms with Crippen LogP contribution in [0.2, 0.25) is 5.02 Å². The largest absolute Gasteiger partial charge is 0.472 e. The van der Waals surface area contributed by atoms with Gasteiger partial charge in [0.25, 0.3) is 0 Å². The molecule has 0 fully saturated rings. The van der Waals surface area contributed by atoms with Crippen molar-refractivity contribution in [2.75, 3.05) is 0 Å². The molecule has 0 spiro atoms. The molecule has 2 rings (SSSR count). The Kier molecular flexibility index (Phi) is 5.32. The zero-order valence-electron chi connectivity index (χ0n) is 11.6. The standard InChI is InChI=1S/C15H18ClN3O/c1-11(2)17-7-13-8-19-15(9-18-13)20-10-12-5-3-4-6-14(12)16/h3-6,8-9,11,17H,7,10H2,1-2H3. The third kappa shape index (κ3) is 4.47. The monoisotopic (exact) mass is 291 g/mol. The molecule has 0 aliphatic heterocycles.